The predicted octanol–water partition coefficient (Wildman–Crippen LogP) is 1.59. The fraction of sp³-hybridized carbons (Fsp3) is 0.312. The summed E-state index contributed by atoms with van der Waals surface area (Å²) < 4.78 is 0. The number of rotatable bonds is 4. The largest absolute Gasteiger partial charge is 0.350 e. The SMILES string of the molecule is O=C(NCCN1CCCC1=O)c1cnc2ccccc2c1. The summed E-state index contributed by atoms with van der Waals surface area (Å²) in [6, 6.07) is 9.52. The van der Waals surface area contributed by atoms with E-state index in [0.29, 0.717) is 25.1 Å². The normalized spacial score (nSPS) is 14.7. The molecule has 0 unspecified atom stereocenters. The molecule has 1 aliphatic rings. The number of para-hydroxylation sites is 1. The highest BCUT2D eigenvalue weighted by molar-refractivity contribution is 5.97. The number of fused-ring (bicyclic) bond motifs is 1. The fourth-order valence-electron chi connectivity index (χ4n) is 2.54. The first-order valence-electron chi connectivity index (χ1n) is 7.15. The first-order valence-corrected chi connectivity index (χ1v) is 7.15. The molecular weight excluding hydrogens is 266 g/mol. The third-order valence-corrected chi connectivity index (χ3v) is 3.69. The van der Waals surface area contributed by atoms with E-state index in [1.54, 1.807) is 11.1 Å². The summed E-state index contributed by atoms with van der Waals surface area (Å²) in [5.74, 6) is 0.0246. The maximum atomic E-state index is 12.1. The van der Waals surface area contributed by atoms with Gasteiger partial charge in [0.2, 0.25) is 5.91 Å². The monoisotopic (exact) mass is 283 g/mol. The molecule has 1 N–H and O–H groups in total. The maximum absolute atomic E-state index is 12.1. The van der Waals surface area contributed by atoms with Crippen LogP contribution in [-0.2, 0) is 4.79 Å². The Labute approximate surface area is 123 Å². The topological polar surface area (TPSA) is 62.3 Å². The van der Waals surface area contributed by atoms with Crippen LogP contribution in [-0.4, -0.2) is 41.3 Å². The molecule has 0 saturated carbocycles. The Kier molecular flexibility index (Phi) is 3.81. The van der Waals surface area contributed by atoms with Gasteiger partial charge in [0.25, 0.3) is 5.91 Å². The molecule has 0 atom stereocenters. The molecule has 108 valence electrons. The van der Waals surface area contributed by atoms with E-state index in [4.69, 9.17) is 0 Å². The molecule has 0 radical (unpaired) electrons. The van der Waals surface area contributed by atoms with E-state index >= 15 is 0 Å². The van der Waals surface area contributed by atoms with Crippen LogP contribution < -0.4 is 5.32 Å². The van der Waals surface area contributed by atoms with Gasteiger partial charge in [-0.3, -0.25) is 14.6 Å². The van der Waals surface area contributed by atoms with Crippen LogP contribution in [0.5, 0.6) is 0 Å². The zero-order valence-electron chi connectivity index (χ0n) is 11.7. The number of nitrogens with one attached hydrogen (secondary N) is 1. The summed E-state index contributed by atoms with van der Waals surface area (Å²) in [6.07, 6.45) is 3.13. The van der Waals surface area contributed by atoms with Crippen LogP contribution in [0.1, 0.15) is 23.2 Å². The second kappa shape index (κ2) is 5.91. The number of hydrogen-bond donors (Lipinski definition) is 1. The van der Waals surface area contributed by atoms with Crippen molar-refractivity contribution in [2.45, 2.75) is 12.8 Å². The number of carbonyl (C=O) groups is 2. The number of likely N-dealkylation sites (tertiary alicyclic amines) is 1. The van der Waals surface area contributed by atoms with Crippen molar-refractivity contribution in [2.75, 3.05) is 19.6 Å². The van der Waals surface area contributed by atoms with Crippen LogP contribution in [0.2, 0.25) is 0 Å². The molecule has 5 heteroatoms. The van der Waals surface area contributed by atoms with Gasteiger partial charge in [-0.05, 0) is 18.6 Å². The number of carbonyl (C=O) groups excluding carboxylic acids is 2. The molecule has 2 amide bonds. The standard InChI is InChI=1S/C16H17N3O2/c20-15-6-3-8-19(15)9-7-17-16(21)13-10-12-4-1-2-5-14(12)18-11-13/h1-2,4-5,10-11H,3,6-9H2,(H,17,21). The summed E-state index contributed by atoms with van der Waals surface area (Å²) in [5, 5.41) is 3.78. The fourth-order valence-corrected chi connectivity index (χ4v) is 2.54. The summed E-state index contributed by atoms with van der Waals surface area (Å²) in [4.78, 5) is 29.6. The first kappa shape index (κ1) is 13.5. The Morgan fingerprint density at radius 3 is 3.00 bits per heavy atom. The van der Waals surface area contributed by atoms with Crippen molar-refractivity contribution in [1.82, 2.24) is 15.2 Å². The van der Waals surface area contributed by atoms with Crippen molar-refractivity contribution in [2.24, 2.45) is 0 Å². The average Bonchev–Trinajstić information content (AvgIpc) is 2.92. The molecule has 5 nitrogen and oxygen atoms in total. The van der Waals surface area contributed by atoms with E-state index in [1.807, 2.05) is 30.3 Å². The van der Waals surface area contributed by atoms with Gasteiger partial charge in [0.15, 0.2) is 0 Å². The van der Waals surface area contributed by atoms with Gasteiger partial charge in [-0.2, -0.15) is 0 Å². The second-order valence-corrected chi connectivity index (χ2v) is 5.16. The third kappa shape index (κ3) is 3.02. The average molecular weight is 283 g/mol. The maximum Gasteiger partial charge on any atom is 0.252 e. The Balaban J connectivity index is 1.60. The van der Waals surface area contributed by atoms with Crippen LogP contribution in [0.3, 0.4) is 0 Å². The Morgan fingerprint density at radius 1 is 1.33 bits per heavy atom. The molecule has 0 aliphatic carbocycles. The van der Waals surface area contributed by atoms with Gasteiger partial charge in [-0.1, -0.05) is 18.2 Å². The lowest BCUT2D eigenvalue weighted by atomic mass is 10.1. The van der Waals surface area contributed by atoms with Crippen molar-refractivity contribution in [1.29, 1.82) is 0 Å². The minimum absolute atomic E-state index is 0.153. The minimum Gasteiger partial charge on any atom is -0.350 e. The number of amides is 2. The lowest BCUT2D eigenvalue weighted by Gasteiger charge is -2.15. The summed E-state index contributed by atoms with van der Waals surface area (Å²) in [7, 11) is 0. The third-order valence-electron chi connectivity index (χ3n) is 3.69. The van der Waals surface area contributed by atoms with E-state index in [1.165, 1.54) is 0 Å². The molecule has 0 bridgehead atoms. The van der Waals surface area contributed by atoms with Gasteiger partial charge in [-0.15, -0.1) is 0 Å². The van der Waals surface area contributed by atoms with E-state index in [9.17, 15) is 9.59 Å². The van der Waals surface area contributed by atoms with Crippen LogP contribution in [0.4, 0.5) is 0 Å². The number of hydrogen-bond acceptors (Lipinski definition) is 3. The second-order valence-electron chi connectivity index (χ2n) is 5.16. The van der Waals surface area contributed by atoms with Gasteiger partial charge >= 0.3 is 0 Å². The van der Waals surface area contributed by atoms with Gasteiger partial charge in [0, 0.05) is 37.6 Å². The molecule has 2 heterocycles. The lowest BCUT2D eigenvalue weighted by molar-refractivity contribution is -0.127. The molecule has 1 aliphatic heterocycles. The molecule has 0 spiro atoms. The number of aromatic nitrogens is 1. The van der Waals surface area contributed by atoms with E-state index in [0.717, 1.165) is 23.9 Å². The van der Waals surface area contributed by atoms with Crippen LogP contribution in [0.15, 0.2) is 36.5 Å². The zero-order valence-corrected chi connectivity index (χ0v) is 11.7. The molecule has 3 rings (SSSR count). The van der Waals surface area contributed by atoms with Crippen LogP contribution in [0.25, 0.3) is 10.9 Å². The van der Waals surface area contributed by atoms with E-state index in [2.05, 4.69) is 10.3 Å². The highest BCUT2D eigenvalue weighted by Crippen LogP contribution is 2.12. The molecule has 21 heavy (non-hydrogen) atoms. The zero-order chi connectivity index (χ0) is 14.7. The van der Waals surface area contributed by atoms with Gasteiger partial charge in [0.1, 0.15) is 0 Å². The number of nitrogens with zero attached hydrogens (tertiary/aromatic N) is 2. The molecule has 1 fully saturated rings. The van der Waals surface area contributed by atoms with Gasteiger partial charge in [0.05, 0.1) is 11.1 Å². The van der Waals surface area contributed by atoms with E-state index in [-0.39, 0.29) is 11.8 Å². The van der Waals surface area contributed by atoms with Gasteiger partial charge < -0.3 is 10.2 Å². The molecule has 1 aromatic carbocycles. The molecular formula is C16H17N3O2. The van der Waals surface area contributed by atoms with Crippen LogP contribution >= 0.6 is 0 Å². The highest BCUT2D eigenvalue weighted by atomic mass is 16.2. The minimum atomic E-state index is -0.153. The number of benzene rings is 1. The van der Waals surface area contributed by atoms with Crippen molar-refractivity contribution < 1.29 is 9.59 Å². The van der Waals surface area contributed by atoms with Crippen molar-refractivity contribution in [3.05, 3.63) is 42.1 Å². The lowest BCUT2D eigenvalue weighted by Crippen LogP contribution is -2.35. The summed E-state index contributed by atoms with van der Waals surface area (Å²) in [6.45, 7) is 1.84. The molecule has 1 saturated heterocycles. The Bertz CT molecular complexity index is 684. The molecule has 2 aromatic rings. The van der Waals surface area contributed by atoms with Crippen molar-refractivity contribution in [3.63, 3.8) is 0 Å². The number of pyridine rings is 1. The summed E-state index contributed by atoms with van der Waals surface area (Å²) in [5.41, 5.74) is 1.41. The van der Waals surface area contributed by atoms with Gasteiger partial charge in [-0.25, -0.2) is 0 Å². The Hall–Kier alpha value is -2.43. The predicted molar refractivity (Wildman–Crippen MR) is 79.9 cm³/mol. The van der Waals surface area contributed by atoms with Crippen molar-refractivity contribution in [3.8, 4) is 0 Å². The summed E-state index contributed by atoms with van der Waals surface area (Å²) >= 11 is 0. The Morgan fingerprint density at radius 2 is 2.19 bits per heavy atom. The smallest absolute Gasteiger partial charge is 0.252 e. The quantitative estimate of drug-likeness (QED) is 0.926. The molecule has 1 aromatic heterocycles. The van der Waals surface area contributed by atoms with Crippen LogP contribution in [0, 0.1) is 0 Å². The van der Waals surface area contributed by atoms with Crippen molar-refractivity contribution >= 4 is 22.7 Å². The van der Waals surface area contributed by atoms with E-state index < -0.39 is 0 Å². The first-order chi connectivity index (χ1) is 10.2. The highest BCUT2D eigenvalue weighted by Gasteiger charge is 2.19.